The molecular formula is C25H22F4N6. The summed E-state index contributed by atoms with van der Waals surface area (Å²) in [7, 11) is 2.11. The van der Waals surface area contributed by atoms with Crippen LogP contribution in [0.15, 0.2) is 61.1 Å². The molecule has 0 radical (unpaired) electrons. The number of rotatable bonds is 4. The predicted octanol–water partition coefficient (Wildman–Crippen LogP) is 5.35. The van der Waals surface area contributed by atoms with Crippen molar-refractivity contribution in [1.82, 2.24) is 19.9 Å². The number of likely N-dealkylation sites (N-methyl/N-ethyl adjacent to an activating group) is 1. The van der Waals surface area contributed by atoms with Gasteiger partial charge in [-0.15, -0.1) is 0 Å². The van der Waals surface area contributed by atoms with Crippen LogP contribution in [0.3, 0.4) is 0 Å². The first kappa shape index (κ1) is 23.0. The highest BCUT2D eigenvalue weighted by Crippen LogP contribution is 2.34. The Hall–Kier alpha value is -3.79. The van der Waals surface area contributed by atoms with Crippen LogP contribution in [-0.4, -0.2) is 53.1 Å². The maximum atomic E-state index is 13.6. The normalized spacial score (nSPS) is 14.9. The molecule has 0 unspecified atom stereocenters. The van der Waals surface area contributed by atoms with Gasteiger partial charge in [-0.2, -0.15) is 13.2 Å². The first-order chi connectivity index (χ1) is 16.8. The lowest BCUT2D eigenvalue weighted by Crippen LogP contribution is -2.44. The van der Waals surface area contributed by atoms with Crippen molar-refractivity contribution in [3.8, 4) is 11.1 Å². The van der Waals surface area contributed by atoms with Crippen LogP contribution >= 0.6 is 0 Å². The van der Waals surface area contributed by atoms with Crippen LogP contribution in [0.4, 0.5) is 34.9 Å². The lowest BCUT2D eigenvalue weighted by Gasteiger charge is -2.33. The van der Waals surface area contributed by atoms with Gasteiger partial charge in [0.05, 0.1) is 11.1 Å². The molecule has 5 rings (SSSR count). The van der Waals surface area contributed by atoms with Gasteiger partial charge in [-0.1, -0.05) is 6.07 Å². The Bertz CT molecular complexity index is 1350. The van der Waals surface area contributed by atoms with Crippen molar-refractivity contribution in [2.75, 3.05) is 43.4 Å². The van der Waals surface area contributed by atoms with Crippen molar-refractivity contribution in [2.45, 2.75) is 6.18 Å². The summed E-state index contributed by atoms with van der Waals surface area (Å²) in [6, 6.07) is 12.3. The van der Waals surface area contributed by atoms with E-state index in [1.54, 1.807) is 6.07 Å². The SMILES string of the molecule is CN1CCN(c2ccc(-c3ccc4c(Nc5ccc(F)c(C(F)(F)F)c5)ncnc4c3)cn2)CC1. The van der Waals surface area contributed by atoms with Gasteiger partial charge in [0.2, 0.25) is 0 Å². The minimum absolute atomic E-state index is 0.0755. The third-order valence-corrected chi connectivity index (χ3v) is 6.08. The van der Waals surface area contributed by atoms with E-state index in [0.29, 0.717) is 16.7 Å². The number of fused-ring (bicyclic) bond motifs is 1. The monoisotopic (exact) mass is 482 g/mol. The molecular weight excluding hydrogens is 460 g/mol. The highest BCUT2D eigenvalue weighted by Gasteiger charge is 2.34. The third kappa shape index (κ3) is 4.88. The zero-order valence-corrected chi connectivity index (χ0v) is 18.8. The lowest BCUT2D eigenvalue weighted by atomic mass is 10.1. The van der Waals surface area contributed by atoms with E-state index in [1.165, 1.54) is 12.4 Å². The van der Waals surface area contributed by atoms with Crippen molar-refractivity contribution in [3.63, 3.8) is 0 Å². The molecule has 1 fully saturated rings. The standard InChI is InChI=1S/C25H22F4N6/c1-34-8-10-35(11-9-34)23-7-3-17(14-30-23)16-2-5-19-22(12-16)31-15-32-24(19)33-18-4-6-21(26)20(13-18)25(27,28)29/h2-7,12-15H,8-11H2,1H3,(H,31,32,33). The summed E-state index contributed by atoms with van der Waals surface area (Å²) in [5, 5.41) is 3.48. The number of benzene rings is 2. The minimum Gasteiger partial charge on any atom is -0.354 e. The quantitative estimate of drug-likeness (QED) is 0.396. The molecule has 180 valence electrons. The van der Waals surface area contributed by atoms with Gasteiger partial charge in [-0.05, 0) is 55.1 Å². The van der Waals surface area contributed by atoms with E-state index in [-0.39, 0.29) is 5.69 Å². The second-order valence-electron chi connectivity index (χ2n) is 8.47. The van der Waals surface area contributed by atoms with Crippen LogP contribution in [0, 0.1) is 5.82 Å². The number of piperazine rings is 1. The number of aromatic nitrogens is 3. The van der Waals surface area contributed by atoms with Crippen LogP contribution in [0.2, 0.25) is 0 Å². The summed E-state index contributed by atoms with van der Waals surface area (Å²) >= 11 is 0. The number of halogens is 4. The second-order valence-corrected chi connectivity index (χ2v) is 8.47. The Labute approximate surface area is 199 Å². The number of pyridine rings is 1. The van der Waals surface area contributed by atoms with Gasteiger partial charge >= 0.3 is 6.18 Å². The summed E-state index contributed by atoms with van der Waals surface area (Å²) in [6.45, 7) is 3.87. The fourth-order valence-corrected chi connectivity index (χ4v) is 4.07. The van der Waals surface area contributed by atoms with Crippen LogP contribution < -0.4 is 10.2 Å². The molecule has 1 N–H and O–H groups in total. The molecule has 6 nitrogen and oxygen atoms in total. The van der Waals surface area contributed by atoms with E-state index in [4.69, 9.17) is 0 Å². The van der Waals surface area contributed by atoms with Crippen molar-refractivity contribution in [2.24, 2.45) is 0 Å². The van der Waals surface area contributed by atoms with E-state index >= 15 is 0 Å². The van der Waals surface area contributed by atoms with Gasteiger partial charge in [0.15, 0.2) is 0 Å². The van der Waals surface area contributed by atoms with E-state index in [2.05, 4.69) is 37.1 Å². The molecule has 0 aliphatic carbocycles. The first-order valence-corrected chi connectivity index (χ1v) is 11.1. The lowest BCUT2D eigenvalue weighted by molar-refractivity contribution is -0.139. The molecule has 1 aliphatic heterocycles. The van der Waals surface area contributed by atoms with Crippen LogP contribution in [0.5, 0.6) is 0 Å². The number of hydrogen-bond acceptors (Lipinski definition) is 6. The van der Waals surface area contributed by atoms with Crippen LogP contribution in [0.25, 0.3) is 22.0 Å². The van der Waals surface area contributed by atoms with Gasteiger partial charge in [0, 0.05) is 49.0 Å². The molecule has 4 aromatic rings. The van der Waals surface area contributed by atoms with Crippen LogP contribution in [0.1, 0.15) is 5.56 Å². The molecule has 0 spiro atoms. The molecule has 35 heavy (non-hydrogen) atoms. The first-order valence-electron chi connectivity index (χ1n) is 11.1. The van der Waals surface area contributed by atoms with Gasteiger partial charge in [-0.3, -0.25) is 0 Å². The Morgan fingerprint density at radius 2 is 1.63 bits per heavy atom. The van der Waals surface area contributed by atoms with E-state index in [1.807, 2.05) is 30.5 Å². The Kier molecular flexibility index (Phi) is 5.98. The average molecular weight is 482 g/mol. The second kappa shape index (κ2) is 9.10. The fourth-order valence-electron chi connectivity index (χ4n) is 4.07. The van der Waals surface area contributed by atoms with Gasteiger partial charge < -0.3 is 15.1 Å². The van der Waals surface area contributed by atoms with Gasteiger partial charge in [-0.25, -0.2) is 19.3 Å². The predicted molar refractivity (Wildman–Crippen MR) is 127 cm³/mol. The summed E-state index contributed by atoms with van der Waals surface area (Å²) < 4.78 is 52.8. The number of alkyl halides is 3. The molecule has 0 saturated carbocycles. The van der Waals surface area contributed by atoms with Crippen molar-refractivity contribution >= 4 is 28.2 Å². The average Bonchev–Trinajstić information content (AvgIpc) is 2.85. The highest BCUT2D eigenvalue weighted by atomic mass is 19.4. The van der Waals surface area contributed by atoms with Crippen molar-refractivity contribution < 1.29 is 17.6 Å². The third-order valence-electron chi connectivity index (χ3n) is 6.08. The number of anilines is 3. The topological polar surface area (TPSA) is 57.2 Å². The molecule has 0 bridgehead atoms. The van der Waals surface area contributed by atoms with Gasteiger partial charge in [0.1, 0.15) is 23.8 Å². The molecule has 0 amide bonds. The molecule has 1 aliphatic rings. The molecule has 3 heterocycles. The number of nitrogens with one attached hydrogen (secondary N) is 1. The highest BCUT2D eigenvalue weighted by molar-refractivity contribution is 5.93. The maximum absolute atomic E-state index is 13.6. The zero-order chi connectivity index (χ0) is 24.6. The minimum atomic E-state index is -4.79. The Morgan fingerprint density at radius 1 is 0.857 bits per heavy atom. The summed E-state index contributed by atoms with van der Waals surface area (Å²) in [5.41, 5.74) is 1.18. The molecule has 1 saturated heterocycles. The Balaban J connectivity index is 1.40. The van der Waals surface area contributed by atoms with Crippen molar-refractivity contribution in [3.05, 3.63) is 72.4 Å². The number of nitrogens with zero attached hydrogens (tertiary/aromatic N) is 5. The Morgan fingerprint density at radius 3 is 2.34 bits per heavy atom. The van der Waals surface area contributed by atoms with Crippen molar-refractivity contribution in [1.29, 1.82) is 0 Å². The summed E-state index contributed by atoms with van der Waals surface area (Å²) in [6.07, 6.45) is -1.64. The van der Waals surface area contributed by atoms with Gasteiger partial charge in [0.25, 0.3) is 0 Å². The van der Waals surface area contributed by atoms with E-state index in [9.17, 15) is 17.6 Å². The van der Waals surface area contributed by atoms with E-state index in [0.717, 1.165) is 55.3 Å². The molecule has 0 atom stereocenters. The summed E-state index contributed by atoms with van der Waals surface area (Å²) in [4.78, 5) is 17.7. The van der Waals surface area contributed by atoms with Crippen LogP contribution in [-0.2, 0) is 6.18 Å². The maximum Gasteiger partial charge on any atom is 0.419 e. The smallest absolute Gasteiger partial charge is 0.354 e. The fraction of sp³-hybridized carbons (Fsp3) is 0.240. The zero-order valence-electron chi connectivity index (χ0n) is 18.8. The molecule has 2 aromatic heterocycles. The molecule has 2 aromatic carbocycles. The summed E-state index contributed by atoms with van der Waals surface area (Å²) in [5.74, 6) is -0.0636. The molecule has 10 heteroatoms. The van der Waals surface area contributed by atoms with E-state index < -0.39 is 17.6 Å². The number of hydrogen-bond donors (Lipinski definition) is 1. The largest absolute Gasteiger partial charge is 0.419 e.